The standard InChI is InChI=1S/C11H13F3O4S/c12-11(13,14)8-18-10-3-1-9(2-4-10)7-19(16,17)6-5-15/h1-4,15H,5-8H2. The van der Waals surface area contributed by atoms with Gasteiger partial charge in [0.25, 0.3) is 0 Å². The molecule has 1 aromatic rings. The molecule has 1 N–H and O–H groups in total. The molecule has 0 aliphatic rings. The van der Waals surface area contributed by atoms with Crippen molar-refractivity contribution in [3.63, 3.8) is 0 Å². The van der Waals surface area contributed by atoms with Crippen molar-refractivity contribution in [2.24, 2.45) is 0 Å². The molecule has 19 heavy (non-hydrogen) atoms. The highest BCUT2D eigenvalue weighted by molar-refractivity contribution is 7.90. The fourth-order valence-corrected chi connectivity index (χ4v) is 2.44. The zero-order chi connectivity index (χ0) is 14.5. The zero-order valence-electron chi connectivity index (χ0n) is 9.85. The first-order valence-corrected chi connectivity index (χ1v) is 7.14. The van der Waals surface area contributed by atoms with Crippen LogP contribution < -0.4 is 4.74 Å². The largest absolute Gasteiger partial charge is 0.484 e. The van der Waals surface area contributed by atoms with Crippen LogP contribution in [0.25, 0.3) is 0 Å². The van der Waals surface area contributed by atoms with Gasteiger partial charge in [0.15, 0.2) is 16.4 Å². The van der Waals surface area contributed by atoms with Crippen LogP contribution in [0.5, 0.6) is 5.75 Å². The minimum Gasteiger partial charge on any atom is -0.484 e. The Bertz CT molecular complexity index is 494. The molecule has 0 saturated carbocycles. The van der Waals surface area contributed by atoms with Crippen LogP contribution in [0.1, 0.15) is 5.56 Å². The van der Waals surface area contributed by atoms with Crippen molar-refractivity contribution < 1.29 is 31.4 Å². The van der Waals surface area contributed by atoms with Crippen LogP contribution >= 0.6 is 0 Å². The maximum Gasteiger partial charge on any atom is 0.422 e. The molecule has 0 aliphatic carbocycles. The lowest BCUT2D eigenvalue weighted by atomic mass is 10.2. The minimum atomic E-state index is -4.41. The highest BCUT2D eigenvalue weighted by atomic mass is 32.2. The summed E-state index contributed by atoms with van der Waals surface area (Å²) in [5.41, 5.74) is 0.424. The molecule has 0 spiro atoms. The number of rotatable bonds is 6. The molecule has 0 aliphatic heterocycles. The summed E-state index contributed by atoms with van der Waals surface area (Å²) < 4.78 is 63.0. The third-order valence-electron chi connectivity index (χ3n) is 2.11. The molecule has 0 unspecified atom stereocenters. The van der Waals surface area contributed by atoms with E-state index in [1.807, 2.05) is 0 Å². The molecule has 8 heteroatoms. The Balaban J connectivity index is 2.62. The molecule has 0 fully saturated rings. The Hall–Kier alpha value is -1.28. The molecule has 1 aromatic carbocycles. The maximum absolute atomic E-state index is 11.9. The van der Waals surface area contributed by atoms with Crippen molar-refractivity contribution >= 4 is 9.84 Å². The van der Waals surface area contributed by atoms with Crippen molar-refractivity contribution in [3.8, 4) is 5.75 Å². The second-order valence-electron chi connectivity index (χ2n) is 3.86. The molecule has 0 atom stereocenters. The van der Waals surface area contributed by atoms with Crippen LogP contribution in [-0.2, 0) is 15.6 Å². The molecule has 4 nitrogen and oxygen atoms in total. The third kappa shape index (κ3) is 6.44. The van der Waals surface area contributed by atoms with E-state index in [-0.39, 0.29) is 17.3 Å². The van der Waals surface area contributed by atoms with Crippen LogP contribution in [0.3, 0.4) is 0 Å². The Morgan fingerprint density at radius 2 is 1.74 bits per heavy atom. The summed E-state index contributed by atoms with van der Waals surface area (Å²) in [6, 6.07) is 5.30. The number of halogens is 3. The molecular formula is C11H13F3O4S. The average Bonchev–Trinajstić information content (AvgIpc) is 2.26. The van der Waals surface area contributed by atoms with Gasteiger partial charge in [0, 0.05) is 0 Å². The lowest BCUT2D eigenvalue weighted by Crippen LogP contribution is -2.19. The van der Waals surface area contributed by atoms with E-state index in [1.165, 1.54) is 24.3 Å². The first-order chi connectivity index (χ1) is 8.72. The van der Waals surface area contributed by atoms with Crippen molar-refractivity contribution in [1.82, 2.24) is 0 Å². The van der Waals surface area contributed by atoms with Gasteiger partial charge in [-0.25, -0.2) is 8.42 Å². The second-order valence-corrected chi connectivity index (χ2v) is 6.05. The van der Waals surface area contributed by atoms with Gasteiger partial charge in [0.05, 0.1) is 18.1 Å². The highest BCUT2D eigenvalue weighted by Gasteiger charge is 2.28. The average molecular weight is 298 g/mol. The summed E-state index contributed by atoms with van der Waals surface area (Å²) in [6.45, 7) is -1.86. The molecule has 0 saturated heterocycles. The van der Waals surface area contributed by atoms with Crippen LogP contribution in [-0.4, -0.2) is 38.7 Å². The van der Waals surface area contributed by atoms with Crippen LogP contribution in [0.2, 0.25) is 0 Å². The number of aliphatic hydroxyl groups excluding tert-OH is 1. The number of hydrogen-bond acceptors (Lipinski definition) is 4. The quantitative estimate of drug-likeness (QED) is 0.865. The van der Waals surface area contributed by atoms with Gasteiger partial charge in [-0.15, -0.1) is 0 Å². The Labute approximate surface area is 108 Å². The van der Waals surface area contributed by atoms with Gasteiger partial charge in [-0.05, 0) is 17.7 Å². The Kier molecular flexibility index (Phi) is 5.19. The van der Waals surface area contributed by atoms with E-state index in [0.29, 0.717) is 5.56 Å². The normalized spacial score (nSPS) is 12.4. The van der Waals surface area contributed by atoms with Gasteiger partial charge in [-0.3, -0.25) is 0 Å². The molecular weight excluding hydrogens is 285 g/mol. The van der Waals surface area contributed by atoms with Gasteiger partial charge < -0.3 is 9.84 Å². The highest BCUT2D eigenvalue weighted by Crippen LogP contribution is 2.19. The number of ether oxygens (including phenoxy) is 1. The van der Waals surface area contributed by atoms with Gasteiger partial charge in [0.2, 0.25) is 0 Å². The first-order valence-electron chi connectivity index (χ1n) is 5.32. The number of hydrogen-bond donors (Lipinski definition) is 1. The Morgan fingerprint density at radius 1 is 1.16 bits per heavy atom. The van der Waals surface area contributed by atoms with Gasteiger partial charge >= 0.3 is 6.18 Å². The van der Waals surface area contributed by atoms with E-state index < -0.39 is 29.2 Å². The lowest BCUT2D eigenvalue weighted by molar-refractivity contribution is -0.153. The molecule has 1 rings (SSSR count). The first kappa shape index (κ1) is 15.8. The third-order valence-corrected chi connectivity index (χ3v) is 3.69. The summed E-state index contributed by atoms with van der Waals surface area (Å²) in [6.07, 6.45) is -4.41. The van der Waals surface area contributed by atoms with E-state index in [0.717, 1.165) is 0 Å². The predicted octanol–water partition coefficient (Wildman–Crippen LogP) is 1.53. The summed E-state index contributed by atoms with van der Waals surface area (Å²) in [7, 11) is -3.40. The van der Waals surface area contributed by atoms with Crippen LogP contribution in [0.4, 0.5) is 13.2 Å². The molecule has 0 heterocycles. The fraction of sp³-hybridized carbons (Fsp3) is 0.455. The van der Waals surface area contributed by atoms with Crippen molar-refractivity contribution in [2.45, 2.75) is 11.9 Å². The smallest absolute Gasteiger partial charge is 0.422 e. The summed E-state index contributed by atoms with van der Waals surface area (Å²) in [5, 5.41) is 8.56. The van der Waals surface area contributed by atoms with E-state index in [9.17, 15) is 21.6 Å². The van der Waals surface area contributed by atoms with Crippen LogP contribution in [0, 0.1) is 0 Å². The molecule has 0 aromatic heterocycles. The second kappa shape index (κ2) is 6.25. The monoisotopic (exact) mass is 298 g/mol. The minimum absolute atomic E-state index is 0.0145. The zero-order valence-corrected chi connectivity index (χ0v) is 10.7. The molecule has 0 bridgehead atoms. The van der Waals surface area contributed by atoms with E-state index in [1.54, 1.807) is 0 Å². The number of alkyl halides is 3. The maximum atomic E-state index is 11.9. The summed E-state index contributed by atoms with van der Waals surface area (Å²) in [5.74, 6) is -0.604. The van der Waals surface area contributed by atoms with Crippen molar-refractivity contribution in [3.05, 3.63) is 29.8 Å². The Morgan fingerprint density at radius 3 is 2.21 bits per heavy atom. The van der Waals surface area contributed by atoms with Crippen LogP contribution in [0.15, 0.2) is 24.3 Å². The summed E-state index contributed by atoms with van der Waals surface area (Å²) in [4.78, 5) is 0. The summed E-state index contributed by atoms with van der Waals surface area (Å²) >= 11 is 0. The fourth-order valence-electron chi connectivity index (χ4n) is 1.31. The molecule has 0 amide bonds. The van der Waals surface area contributed by atoms with E-state index in [2.05, 4.69) is 4.74 Å². The van der Waals surface area contributed by atoms with Crippen molar-refractivity contribution in [1.29, 1.82) is 0 Å². The van der Waals surface area contributed by atoms with Crippen molar-refractivity contribution in [2.75, 3.05) is 19.0 Å². The molecule has 108 valence electrons. The lowest BCUT2D eigenvalue weighted by Gasteiger charge is -2.09. The SMILES string of the molecule is O=S(=O)(CCO)Cc1ccc(OCC(F)(F)F)cc1. The topological polar surface area (TPSA) is 63.6 Å². The number of sulfone groups is 1. The van der Waals surface area contributed by atoms with Gasteiger partial charge in [-0.2, -0.15) is 13.2 Å². The predicted molar refractivity (Wildman–Crippen MR) is 62.6 cm³/mol. The number of benzene rings is 1. The van der Waals surface area contributed by atoms with Gasteiger partial charge in [-0.1, -0.05) is 12.1 Å². The van der Waals surface area contributed by atoms with E-state index in [4.69, 9.17) is 5.11 Å². The van der Waals surface area contributed by atoms with E-state index >= 15 is 0 Å². The number of aliphatic hydroxyl groups is 1. The van der Waals surface area contributed by atoms with Gasteiger partial charge in [0.1, 0.15) is 5.75 Å². The molecule has 0 radical (unpaired) electrons.